The van der Waals surface area contributed by atoms with Gasteiger partial charge in [-0.25, -0.2) is 4.79 Å². The number of likely N-dealkylation sites (N-methyl/N-ethyl adjacent to an activating group) is 1. The second-order valence-corrected chi connectivity index (χ2v) is 2.81. The van der Waals surface area contributed by atoms with Crippen LogP contribution >= 0.6 is 0 Å². The molecule has 0 aromatic carbocycles. The number of hydrogen-bond donors (Lipinski definition) is 1. The fraction of sp³-hybridized carbons (Fsp3) is 0.375. The highest BCUT2D eigenvalue weighted by Gasteiger charge is 2.24. The number of aliphatic carboxylic acids is 1. The molecule has 0 saturated carbocycles. The molecule has 0 aliphatic carbocycles. The molecule has 14 heavy (non-hydrogen) atoms. The number of carboxylic acid groups (broad SMARTS) is 1. The molecule has 76 valence electrons. The van der Waals surface area contributed by atoms with Gasteiger partial charge in [-0.1, -0.05) is 5.16 Å². The quantitative estimate of drug-likeness (QED) is 0.751. The van der Waals surface area contributed by atoms with Crippen LogP contribution < -0.4 is 0 Å². The molecule has 0 radical (unpaired) electrons. The average molecular weight is 198 g/mol. The summed E-state index contributed by atoms with van der Waals surface area (Å²) >= 11 is 0. The Labute approximate surface area is 80.1 Å². The van der Waals surface area contributed by atoms with Gasteiger partial charge in [-0.05, 0) is 6.92 Å². The average Bonchev–Trinajstić information content (AvgIpc) is 2.67. The van der Waals surface area contributed by atoms with E-state index in [9.17, 15) is 9.59 Å². The van der Waals surface area contributed by atoms with Crippen LogP contribution in [0.25, 0.3) is 0 Å². The van der Waals surface area contributed by atoms with E-state index >= 15 is 0 Å². The van der Waals surface area contributed by atoms with Crippen LogP contribution in [0.2, 0.25) is 0 Å². The molecule has 1 unspecified atom stereocenters. The number of rotatable bonds is 3. The van der Waals surface area contributed by atoms with Crippen molar-refractivity contribution >= 4 is 11.9 Å². The third-order valence-corrected chi connectivity index (χ3v) is 1.92. The van der Waals surface area contributed by atoms with Crippen molar-refractivity contribution in [2.45, 2.75) is 13.0 Å². The molecule has 1 rings (SSSR count). The number of carbonyl (C=O) groups is 2. The number of aromatic nitrogens is 1. The van der Waals surface area contributed by atoms with E-state index in [0.29, 0.717) is 0 Å². The second-order valence-electron chi connectivity index (χ2n) is 2.81. The van der Waals surface area contributed by atoms with Gasteiger partial charge >= 0.3 is 5.97 Å². The Morgan fingerprint density at radius 3 is 2.71 bits per heavy atom. The van der Waals surface area contributed by atoms with E-state index in [0.717, 1.165) is 4.90 Å². The fourth-order valence-corrected chi connectivity index (χ4v) is 0.845. The van der Waals surface area contributed by atoms with Crippen molar-refractivity contribution in [3.8, 4) is 0 Å². The van der Waals surface area contributed by atoms with E-state index in [1.54, 1.807) is 0 Å². The first-order valence-corrected chi connectivity index (χ1v) is 3.94. The van der Waals surface area contributed by atoms with Gasteiger partial charge in [0, 0.05) is 13.1 Å². The Kier molecular flexibility index (Phi) is 2.85. The molecule has 0 spiro atoms. The van der Waals surface area contributed by atoms with Gasteiger partial charge in [-0.3, -0.25) is 4.79 Å². The minimum Gasteiger partial charge on any atom is -0.480 e. The molecule has 1 amide bonds. The predicted molar refractivity (Wildman–Crippen MR) is 45.7 cm³/mol. The highest BCUT2D eigenvalue weighted by molar-refractivity contribution is 5.94. The minimum absolute atomic E-state index is 0.0978. The molecule has 1 N–H and O–H groups in total. The summed E-state index contributed by atoms with van der Waals surface area (Å²) in [6.45, 7) is 1.42. The van der Waals surface area contributed by atoms with E-state index in [1.165, 1.54) is 26.3 Å². The maximum absolute atomic E-state index is 11.5. The number of carbonyl (C=O) groups excluding carboxylic acids is 1. The third kappa shape index (κ3) is 1.90. The van der Waals surface area contributed by atoms with Gasteiger partial charge in [0.1, 0.15) is 12.3 Å². The van der Waals surface area contributed by atoms with Crippen molar-refractivity contribution in [3.05, 3.63) is 18.0 Å². The van der Waals surface area contributed by atoms with Crippen molar-refractivity contribution in [3.63, 3.8) is 0 Å². The first kappa shape index (κ1) is 10.2. The van der Waals surface area contributed by atoms with Gasteiger partial charge in [0.05, 0.1) is 0 Å². The zero-order valence-electron chi connectivity index (χ0n) is 7.80. The lowest BCUT2D eigenvalue weighted by Crippen LogP contribution is -2.40. The number of carboxylic acids is 1. The van der Waals surface area contributed by atoms with E-state index in [2.05, 4.69) is 9.68 Å². The summed E-state index contributed by atoms with van der Waals surface area (Å²) in [7, 11) is 1.40. The smallest absolute Gasteiger partial charge is 0.326 e. The Bertz CT molecular complexity index is 333. The van der Waals surface area contributed by atoms with Crippen LogP contribution in [-0.2, 0) is 4.79 Å². The Balaban J connectivity index is 2.76. The summed E-state index contributed by atoms with van der Waals surface area (Å²) in [5.74, 6) is -1.54. The van der Waals surface area contributed by atoms with E-state index in [4.69, 9.17) is 5.11 Å². The van der Waals surface area contributed by atoms with Gasteiger partial charge in [-0.2, -0.15) is 0 Å². The molecule has 0 bridgehead atoms. The summed E-state index contributed by atoms with van der Waals surface area (Å²) in [6, 6.07) is 0.493. The number of amides is 1. The molecule has 1 aromatic rings. The van der Waals surface area contributed by atoms with Crippen LogP contribution in [0, 0.1) is 0 Å². The van der Waals surface area contributed by atoms with Crippen LogP contribution in [0.3, 0.4) is 0 Å². The first-order chi connectivity index (χ1) is 6.54. The van der Waals surface area contributed by atoms with Gasteiger partial charge < -0.3 is 14.5 Å². The zero-order valence-corrected chi connectivity index (χ0v) is 7.80. The lowest BCUT2D eigenvalue weighted by atomic mass is 10.2. The molecule has 0 aliphatic heterocycles. The molecule has 1 heterocycles. The van der Waals surface area contributed by atoms with Crippen molar-refractivity contribution in [2.75, 3.05) is 7.05 Å². The number of hydrogen-bond acceptors (Lipinski definition) is 4. The van der Waals surface area contributed by atoms with Gasteiger partial charge in [0.15, 0.2) is 5.69 Å². The van der Waals surface area contributed by atoms with Crippen LogP contribution in [0.5, 0.6) is 0 Å². The van der Waals surface area contributed by atoms with Gasteiger partial charge in [0.2, 0.25) is 0 Å². The summed E-state index contributed by atoms with van der Waals surface area (Å²) in [5, 5.41) is 12.1. The van der Waals surface area contributed by atoms with E-state index in [-0.39, 0.29) is 5.69 Å². The topological polar surface area (TPSA) is 83.6 Å². The summed E-state index contributed by atoms with van der Waals surface area (Å²) in [5.41, 5.74) is 0.0978. The first-order valence-electron chi connectivity index (χ1n) is 3.94. The summed E-state index contributed by atoms with van der Waals surface area (Å²) in [6.07, 6.45) is 1.26. The van der Waals surface area contributed by atoms with Gasteiger partial charge in [-0.15, -0.1) is 0 Å². The van der Waals surface area contributed by atoms with Crippen LogP contribution in [0.15, 0.2) is 16.9 Å². The molecular formula is C8H10N2O4. The Hall–Kier alpha value is -1.85. The second kappa shape index (κ2) is 3.91. The monoisotopic (exact) mass is 198 g/mol. The lowest BCUT2D eigenvalue weighted by molar-refractivity contribution is -0.141. The van der Waals surface area contributed by atoms with Crippen molar-refractivity contribution in [2.24, 2.45) is 0 Å². The Morgan fingerprint density at radius 2 is 2.29 bits per heavy atom. The maximum atomic E-state index is 11.5. The maximum Gasteiger partial charge on any atom is 0.326 e. The number of nitrogens with zero attached hydrogens (tertiary/aromatic N) is 2. The third-order valence-electron chi connectivity index (χ3n) is 1.92. The predicted octanol–water partition coefficient (Wildman–Crippen LogP) is 0.220. The highest BCUT2D eigenvalue weighted by atomic mass is 16.5. The van der Waals surface area contributed by atoms with Crippen molar-refractivity contribution in [1.29, 1.82) is 0 Å². The molecule has 0 saturated heterocycles. The molecule has 1 aromatic heterocycles. The summed E-state index contributed by atoms with van der Waals surface area (Å²) in [4.78, 5) is 23.2. The normalized spacial score (nSPS) is 12.1. The fourth-order valence-electron chi connectivity index (χ4n) is 0.845. The lowest BCUT2D eigenvalue weighted by Gasteiger charge is -2.19. The minimum atomic E-state index is -1.07. The molecule has 6 heteroatoms. The molecule has 1 atom stereocenters. The molecule has 6 nitrogen and oxygen atoms in total. The van der Waals surface area contributed by atoms with Crippen LogP contribution in [0.4, 0.5) is 0 Å². The van der Waals surface area contributed by atoms with Crippen LogP contribution in [0.1, 0.15) is 17.4 Å². The van der Waals surface area contributed by atoms with Crippen molar-refractivity contribution < 1.29 is 19.2 Å². The SMILES string of the molecule is CC(C(=O)O)N(C)C(=O)c1ccon1. The standard InChI is InChI=1S/C8H10N2O4/c1-5(8(12)13)10(2)7(11)6-3-4-14-9-6/h3-5H,1-2H3,(H,12,13). The highest BCUT2D eigenvalue weighted by Crippen LogP contribution is 2.04. The molecule has 0 aliphatic rings. The van der Waals surface area contributed by atoms with Crippen molar-refractivity contribution in [1.82, 2.24) is 10.1 Å². The van der Waals surface area contributed by atoms with E-state index < -0.39 is 17.9 Å². The van der Waals surface area contributed by atoms with E-state index in [1.807, 2.05) is 0 Å². The Morgan fingerprint density at radius 1 is 1.64 bits per heavy atom. The van der Waals surface area contributed by atoms with Gasteiger partial charge in [0.25, 0.3) is 5.91 Å². The molecule has 0 fully saturated rings. The summed E-state index contributed by atoms with van der Waals surface area (Å²) < 4.78 is 4.48. The largest absolute Gasteiger partial charge is 0.480 e. The zero-order chi connectivity index (χ0) is 10.7. The molecular weight excluding hydrogens is 188 g/mol. The van der Waals surface area contributed by atoms with Crippen LogP contribution in [-0.4, -0.2) is 40.1 Å².